The van der Waals surface area contributed by atoms with Crippen LogP contribution in [0.5, 0.6) is 0 Å². The van der Waals surface area contributed by atoms with Crippen LogP contribution < -0.4 is 0 Å². The van der Waals surface area contributed by atoms with Gasteiger partial charge in [-0.2, -0.15) is 0 Å². The summed E-state index contributed by atoms with van der Waals surface area (Å²) < 4.78 is 9.14. The van der Waals surface area contributed by atoms with Crippen LogP contribution >= 0.6 is 11.3 Å². The Balaban J connectivity index is 0.974. The first kappa shape index (κ1) is 33.3. The fourth-order valence-corrected chi connectivity index (χ4v) is 10.3. The summed E-state index contributed by atoms with van der Waals surface area (Å²) in [7, 11) is 0. The predicted octanol–water partition coefficient (Wildman–Crippen LogP) is 15.0. The van der Waals surface area contributed by atoms with Gasteiger partial charge in [0.1, 0.15) is 11.2 Å². The molecular weight excluding hydrogens is 751 g/mol. The van der Waals surface area contributed by atoms with Gasteiger partial charge in [-0.3, -0.25) is 0 Å². The van der Waals surface area contributed by atoms with E-state index in [1.165, 1.54) is 64.2 Å². The van der Waals surface area contributed by atoms with E-state index in [-0.39, 0.29) is 0 Å². The van der Waals surface area contributed by atoms with Gasteiger partial charge >= 0.3 is 0 Å². The van der Waals surface area contributed by atoms with Crippen molar-refractivity contribution in [3.63, 3.8) is 0 Å². The van der Waals surface area contributed by atoms with Crippen LogP contribution in [0.15, 0.2) is 186 Å². The minimum Gasteiger partial charge on any atom is -0.456 e. The Kier molecular flexibility index (Phi) is 7.14. The lowest BCUT2D eigenvalue weighted by Gasteiger charge is -2.10. The van der Waals surface area contributed by atoms with E-state index in [0.29, 0.717) is 17.5 Å². The van der Waals surface area contributed by atoms with Gasteiger partial charge in [-0.15, -0.1) is 11.3 Å². The summed E-state index contributed by atoms with van der Waals surface area (Å²) in [5.74, 6) is 1.86. The van der Waals surface area contributed by atoms with Crippen molar-refractivity contribution < 1.29 is 4.42 Å². The number of fused-ring (bicyclic) bond motifs is 11. The molecule has 0 bridgehead atoms. The Bertz CT molecular complexity index is 3800. The number of furan rings is 1. The Morgan fingerprint density at radius 1 is 0.383 bits per heavy atom. The summed E-state index contributed by atoms with van der Waals surface area (Å²) in [4.78, 5) is 15.6. The fraction of sp³-hybridized carbons (Fsp3) is 0. The van der Waals surface area contributed by atoms with Crippen molar-refractivity contribution in [3.8, 4) is 45.3 Å². The number of nitrogens with zero attached hydrogens (tertiary/aromatic N) is 3. The van der Waals surface area contributed by atoms with Crippen LogP contribution in [0.2, 0.25) is 0 Å². The molecule has 3 aromatic heterocycles. The van der Waals surface area contributed by atoms with Crippen molar-refractivity contribution in [1.29, 1.82) is 0 Å². The van der Waals surface area contributed by atoms with E-state index in [1.54, 1.807) is 11.3 Å². The molecule has 3 heterocycles. The maximum Gasteiger partial charge on any atom is 0.164 e. The average molecular weight is 782 g/mol. The molecule has 0 fully saturated rings. The van der Waals surface area contributed by atoms with E-state index in [4.69, 9.17) is 19.4 Å². The van der Waals surface area contributed by atoms with E-state index in [9.17, 15) is 0 Å². The van der Waals surface area contributed by atoms with Crippen LogP contribution in [0.25, 0.3) is 121 Å². The van der Waals surface area contributed by atoms with E-state index >= 15 is 0 Å². The lowest BCUT2D eigenvalue weighted by atomic mass is 9.97. The number of thiophene rings is 1. The molecule has 5 heteroatoms. The number of hydrogen-bond acceptors (Lipinski definition) is 5. The van der Waals surface area contributed by atoms with Crippen LogP contribution in [-0.4, -0.2) is 15.0 Å². The number of rotatable bonds is 4. The Morgan fingerprint density at radius 2 is 1.02 bits per heavy atom. The molecule has 60 heavy (non-hydrogen) atoms. The second-order valence-corrected chi connectivity index (χ2v) is 16.6. The molecule has 0 radical (unpaired) electrons. The number of benzene rings is 9. The monoisotopic (exact) mass is 781 g/mol. The summed E-state index contributed by atoms with van der Waals surface area (Å²) in [5, 5.41) is 9.30. The zero-order valence-corrected chi connectivity index (χ0v) is 32.9. The molecule has 0 saturated carbocycles. The van der Waals surface area contributed by atoms with Crippen molar-refractivity contribution in [2.75, 3.05) is 0 Å². The minimum absolute atomic E-state index is 0.602. The Labute approximate surface area is 348 Å². The summed E-state index contributed by atoms with van der Waals surface area (Å²) in [5.41, 5.74) is 11.7. The molecular formula is C55H31N3OS. The first-order valence-electron chi connectivity index (χ1n) is 20.2. The highest BCUT2D eigenvalue weighted by atomic mass is 32.1. The topological polar surface area (TPSA) is 51.8 Å². The van der Waals surface area contributed by atoms with E-state index in [1.807, 2.05) is 12.1 Å². The van der Waals surface area contributed by atoms with Crippen molar-refractivity contribution in [2.24, 2.45) is 0 Å². The van der Waals surface area contributed by atoms with Gasteiger partial charge < -0.3 is 4.42 Å². The van der Waals surface area contributed by atoms with Crippen LogP contribution in [-0.2, 0) is 0 Å². The van der Waals surface area contributed by atoms with E-state index < -0.39 is 0 Å². The zero-order valence-electron chi connectivity index (χ0n) is 32.1. The van der Waals surface area contributed by atoms with Gasteiger partial charge in [0.05, 0.1) is 0 Å². The SMILES string of the molecule is C(=C1\c2ccccc2-c2cc3ccccc3cc21)/c1ccc2c(c1)oc1cccc(-c3nc(-c4ccc5ccccc5c4)nc(-c4ccc5c(c4)sc4ccccc45)n3)c12. The highest BCUT2D eigenvalue weighted by molar-refractivity contribution is 7.25. The van der Waals surface area contributed by atoms with Gasteiger partial charge in [0.2, 0.25) is 0 Å². The van der Waals surface area contributed by atoms with Crippen LogP contribution in [0.3, 0.4) is 0 Å². The van der Waals surface area contributed by atoms with Crippen molar-refractivity contribution >= 4 is 86.6 Å². The lowest BCUT2D eigenvalue weighted by Crippen LogP contribution is -2.00. The summed E-state index contributed by atoms with van der Waals surface area (Å²) in [6, 6.07) is 64.6. The molecule has 1 aliphatic carbocycles. The molecule has 278 valence electrons. The molecule has 4 nitrogen and oxygen atoms in total. The quantitative estimate of drug-likeness (QED) is 0.178. The standard InChI is InChI=1S/C55H31N3OS/c1-2-11-34-28-37(22-21-33(34)10-1)53-56-54(38-23-25-42-41-16-7-8-19-50(41)60-51(42)31-38)58-55(57-53)44-17-9-18-48-52(44)43-24-20-32(27-49(43)59-48)26-45-39-14-5-6-15-40(39)46-29-35-12-3-4-13-36(35)30-47(45)46/h1-31H/b45-26-. The molecule has 13 rings (SSSR count). The second-order valence-electron chi connectivity index (χ2n) is 15.6. The van der Waals surface area contributed by atoms with Gasteiger partial charge in [0.15, 0.2) is 17.5 Å². The molecule has 0 unspecified atom stereocenters. The third-order valence-electron chi connectivity index (χ3n) is 12.0. The third kappa shape index (κ3) is 5.19. The zero-order chi connectivity index (χ0) is 39.3. The molecule has 0 N–H and O–H groups in total. The summed E-state index contributed by atoms with van der Waals surface area (Å²) >= 11 is 1.79. The molecule has 0 aliphatic heterocycles. The molecule has 0 atom stereocenters. The van der Waals surface area contributed by atoms with E-state index in [2.05, 4.69) is 176 Å². The van der Waals surface area contributed by atoms with Gasteiger partial charge in [0, 0.05) is 47.6 Å². The minimum atomic E-state index is 0.602. The van der Waals surface area contributed by atoms with Crippen LogP contribution in [0.1, 0.15) is 16.7 Å². The maximum absolute atomic E-state index is 6.67. The van der Waals surface area contributed by atoms with Crippen LogP contribution in [0.4, 0.5) is 0 Å². The molecule has 0 spiro atoms. The van der Waals surface area contributed by atoms with Gasteiger partial charge in [0.25, 0.3) is 0 Å². The van der Waals surface area contributed by atoms with Crippen molar-refractivity contribution in [2.45, 2.75) is 0 Å². The average Bonchev–Trinajstić information content (AvgIpc) is 3.97. The summed E-state index contributed by atoms with van der Waals surface area (Å²) in [6.07, 6.45) is 2.30. The third-order valence-corrected chi connectivity index (χ3v) is 13.2. The number of aromatic nitrogens is 3. The first-order chi connectivity index (χ1) is 29.7. The van der Waals surface area contributed by atoms with Gasteiger partial charge in [-0.25, -0.2) is 15.0 Å². The molecule has 1 aliphatic rings. The second kappa shape index (κ2) is 12.9. The maximum atomic E-state index is 6.67. The lowest BCUT2D eigenvalue weighted by molar-refractivity contribution is 0.669. The van der Waals surface area contributed by atoms with Crippen LogP contribution in [0, 0.1) is 0 Å². The van der Waals surface area contributed by atoms with Crippen molar-refractivity contribution in [1.82, 2.24) is 15.0 Å². The predicted molar refractivity (Wildman–Crippen MR) is 250 cm³/mol. The molecule has 0 saturated heterocycles. The first-order valence-corrected chi connectivity index (χ1v) is 21.0. The normalized spacial score (nSPS) is 13.0. The largest absolute Gasteiger partial charge is 0.456 e. The highest BCUT2D eigenvalue weighted by Crippen LogP contribution is 2.47. The molecule has 12 aromatic rings. The smallest absolute Gasteiger partial charge is 0.164 e. The molecule has 9 aromatic carbocycles. The highest BCUT2D eigenvalue weighted by Gasteiger charge is 2.24. The Hall–Kier alpha value is -7.73. The number of hydrogen-bond donors (Lipinski definition) is 0. The Morgan fingerprint density at radius 3 is 1.87 bits per heavy atom. The summed E-state index contributed by atoms with van der Waals surface area (Å²) in [6.45, 7) is 0. The van der Waals surface area contributed by atoms with Gasteiger partial charge in [-0.1, -0.05) is 133 Å². The van der Waals surface area contributed by atoms with Gasteiger partial charge in [-0.05, 0) is 110 Å². The van der Waals surface area contributed by atoms with Crippen molar-refractivity contribution in [3.05, 3.63) is 199 Å². The molecule has 0 amide bonds. The van der Waals surface area contributed by atoms with E-state index in [0.717, 1.165) is 49.6 Å². The fourth-order valence-electron chi connectivity index (χ4n) is 9.17.